The molecule has 2 aromatic heterocycles. The van der Waals surface area contributed by atoms with Crippen LogP contribution >= 0.6 is 0 Å². The third kappa shape index (κ3) is 6.22. The molecule has 1 aliphatic rings. The Bertz CT molecular complexity index is 1320. The smallest absolute Gasteiger partial charge is 0.261 e. The number of para-hydroxylation sites is 1. The molecule has 1 saturated heterocycles. The summed E-state index contributed by atoms with van der Waals surface area (Å²) in [6.07, 6.45) is 5.49. The van der Waals surface area contributed by atoms with Crippen LogP contribution in [0.1, 0.15) is 58.2 Å². The van der Waals surface area contributed by atoms with Crippen molar-refractivity contribution < 1.29 is 14.3 Å². The van der Waals surface area contributed by atoms with Gasteiger partial charge in [-0.05, 0) is 49.9 Å². The van der Waals surface area contributed by atoms with E-state index in [1.807, 2.05) is 26.0 Å². The highest BCUT2D eigenvalue weighted by Crippen LogP contribution is 2.26. The van der Waals surface area contributed by atoms with Crippen LogP contribution in [0.25, 0.3) is 10.9 Å². The number of morpholine rings is 1. The minimum atomic E-state index is -0.769. The number of nitrogens with one attached hydrogen (secondary N) is 1. The third-order valence-corrected chi connectivity index (χ3v) is 6.68. The maximum Gasteiger partial charge on any atom is 0.261 e. The van der Waals surface area contributed by atoms with Gasteiger partial charge in [-0.15, -0.1) is 0 Å². The SMILES string of the molecule is CC(=O)C[C@H](NC(=O)[C@H](CC(C)C)n1cnc2ccccc2c1=O)c1cncc(N2CCOC[C@@H]2C)c1. The summed E-state index contributed by atoms with van der Waals surface area (Å²) in [7, 11) is 0. The van der Waals surface area contributed by atoms with Crippen LogP contribution in [0.4, 0.5) is 5.69 Å². The Labute approximate surface area is 216 Å². The van der Waals surface area contributed by atoms with Gasteiger partial charge in [0.05, 0.1) is 48.4 Å². The van der Waals surface area contributed by atoms with Crippen molar-refractivity contribution in [1.82, 2.24) is 19.9 Å². The summed E-state index contributed by atoms with van der Waals surface area (Å²) in [4.78, 5) is 50.3. The van der Waals surface area contributed by atoms with E-state index in [0.717, 1.165) is 17.8 Å². The lowest BCUT2D eigenvalue weighted by atomic mass is 9.99. The van der Waals surface area contributed by atoms with Gasteiger partial charge in [-0.1, -0.05) is 26.0 Å². The molecule has 3 aromatic rings. The molecule has 1 aromatic carbocycles. The minimum absolute atomic E-state index is 0.0552. The average Bonchev–Trinajstić information content (AvgIpc) is 2.87. The zero-order valence-electron chi connectivity index (χ0n) is 21.9. The summed E-state index contributed by atoms with van der Waals surface area (Å²) in [5, 5.41) is 3.52. The van der Waals surface area contributed by atoms with E-state index in [1.165, 1.54) is 17.8 Å². The molecule has 196 valence electrons. The first-order valence-corrected chi connectivity index (χ1v) is 12.8. The number of anilines is 1. The summed E-state index contributed by atoms with van der Waals surface area (Å²) >= 11 is 0. The van der Waals surface area contributed by atoms with Gasteiger partial charge in [0.1, 0.15) is 11.8 Å². The summed E-state index contributed by atoms with van der Waals surface area (Å²) in [5.41, 5.74) is 1.98. The summed E-state index contributed by atoms with van der Waals surface area (Å²) in [6.45, 7) is 9.60. The Morgan fingerprint density at radius 3 is 2.73 bits per heavy atom. The van der Waals surface area contributed by atoms with E-state index < -0.39 is 12.1 Å². The number of ether oxygens (including phenoxy) is 1. The average molecular weight is 506 g/mol. The monoisotopic (exact) mass is 505 g/mol. The number of aromatic nitrogens is 3. The largest absolute Gasteiger partial charge is 0.377 e. The fourth-order valence-corrected chi connectivity index (χ4v) is 4.81. The van der Waals surface area contributed by atoms with Gasteiger partial charge in [-0.25, -0.2) is 4.98 Å². The lowest BCUT2D eigenvalue weighted by Crippen LogP contribution is -2.44. The van der Waals surface area contributed by atoms with E-state index in [-0.39, 0.29) is 35.6 Å². The van der Waals surface area contributed by atoms with Crippen molar-refractivity contribution in [1.29, 1.82) is 0 Å². The molecule has 0 bridgehead atoms. The summed E-state index contributed by atoms with van der Waals surface area (Å²) in [6, 6.07) is 7.92. The lowest BCUT2D eigenvalue weighted by Gasteiger charge is -2.35. The van der Waals surface area contributed by atoms with Crippen LogP contribution in [0.15, 0.2) is 53.8 Å². The van der Waals surface area contributed by atoms with Crippen LogP contribution < -0.4 is 15.8 Å². The molecule has 37 heavy (non-hydrogen) atoms. The van der Waals surface area contributed by atoms with Crippen LogP contribution in [0.5, 0.6) is 0 Å². The number of hydrogen-bond acceptors (Lipinski definition) is 7. The molecule has 9 nitrogen and oxygen atoms in total. The van der Waals surface area contributed by atoms with Crippen LogP contribution in [-0.2, 0) is 14.3 Å². The third-order valence-electron chi connectivity index (χ3n) is 6.68. The maximum atomic E-state index is 13.7. The van der Waals surface area contributed by atoms with Crippen LogP contribution in [0, 0.1) is 5.92 Å². The van der Waals surface area contributed by atoms with Crippen LogP contribution in [-0.4, -0.2) is 52.0 Å². The number of nitrogens with zero attached hydrogens (tertiary/aromatic N) is 4. The van der Waals surface area contributed by atoms with Gasteiger partial charge in [0.2, 0.25) is 5.91 Å². The number of ketones is 1. The van der Waals surface area contributed by atoms with Crippen molar-refractivity contribution in [3.63, 3.8) is 0 Å². The molecule has 1 N–H and O–H groups in total. The number of benzene rings is 1. The van der Waals surface area contributed by atoms with Crippen molar-refractivity contribution in [2.24, 2.45) is 5.92 Å². The summed E-state index contributed by atoms with van der Waals surface area (Å²) < 4.78 is 6.97. The molecule has 0 saturated carbocycles. The van der Waals surface area contributed by atoms with Crippen molar-refractivity contribution in [3.8, 4) is 0 Å². The molecule has 1 fully saturated rings. The number of carbonyl (C=O) groups excluding carboxylic acids is 2. The Morgan fingerprint density at radius 2 is 2.00 bits per heavy atom. The second kappa shape index (κ2) is 11.6. The van der Waals surface area contributed by atoms with Gasteiger partial charge in [-0.2, -0.15) is 0 Å². The number of hydrogen-bond donors (Lipinski definition) is 1. The highest BCUT2D eigenvalue weighted by molar-refractivity contribution is 5.83. The van der Waals surface area contributed by atoms with Gasteiger partial charge >= 0.3 is 0 Å². The lowest BCUT2D eigenvalue weighted by molar-refractivity contribution is -0.126. The normalized spacial score (nSPS) is 17.5. The zero-order valence-corrected chi connectivity index (χ0v) is 21.9. The number of rotatable bonds is 9. The van der Waals surface area contributed by atoms with E-state index in [1.54, 1.807) is 30.6 Å². The number of pyridine rings is 1. The van der Waals surface area contributed by atoms with E-state index in [0.29, 0.717) is 30.5 Å². The van der Waals surface area contributed by atoms with Gasteiger partial charge in [0, 0.05) is 25.2 Å². The molecule has 3 atom stereocenters. The van der Waals surface area contributed by atoms with Crippen LogP contribution in [0.2, 0.25) is 0 Å². The molecular weight excluding hydrogens is 470 g/mol. The fourth-order valence-electron chi connectivity index (χ4n) is 4.81. The molecule has 3 heterocycles. The van der Waals surface area contributed by atoms with E-state index >= 15 is 0 Å². The zero-order chi connectivity index (χ0) is 26.5. The van der Waals surface area contributed by atoms with E-state index in [9.17, 15) is 14.4 Å². The Hall–Kier alpha value is -3.59. The Balaban J connectivity index is 1.66. The highest BCUT2D eigenvalue weighted by atomic mass is 16.5. The first kappa shape index (κ1) is 26.5. The quantitative estimate of drug-likeness (QED) is 0.475. The number of fused-ring (bicyclic) bond motifs is 1. The summed E-state index contributed by atoms with van der Waals surface area (Å²) in [5.74, 6) is -0.238. The van der Waals surface area contributed by atoms with Gasteiger partial charge in [0.15, 0.2) is 0 Å². The molecule has 0 unspecified atom stereocenters. The molecular formula is C28H35N5O4. The predicted molar refractivity (Wildman–Crippen MR) is 143 cm³/mol. The van der Waals surface area contributed by atoms with Crippen LogP contribution in [0.3, 0.4) is 0 Å². The van der Waals surface area contributed by atoms with Gasteiger partial charge < -0.3 is 15.0 Å². The van der Waals surface area contributed by atoms with Gasteiger partial charge in [0.25, 0.3) is 5.56 Å². The molecule has 0 spiro atoms. The molecule has 1 aliphatic heterocycles. The number of carbonyl (C=O) groups is 2. The molecule has 4 rings (SSSR count). The van der Waals surface area contributed by atoms with E-state index in [2.05, 4.69) is 27.1 Å². The first-order chi connectivity index (χ1) is 17.7. The van der Waals surface area contributed by atoms with Gasteiger partial charge in [-0.3, -0.25) is 23.9 Å². The standard InChI is InChI=1S/C28H35N5O4/c1-18(2)11-26(33-17-30-24-8-6-5-7-23(24)28(33)36)27(35)31-25(12-20(4)34)21-13-22(15-29-14-21)32-9-10-37-16-19(32)3/h5-8,13-15,17-19,25-26H,9-12,16H2,1-4H3,(H,31,35)/t19-,25-,26-/m0/s1. The fraction of sp³-hybridized carbons (Fsp3) is 0.464. The molecule has 1 amide bonds. The number of amides is 1. The second-order valence-corrected chi connectivity index (χ2v) is 10.2. The van der Waals surface area contributed by atoms with Crippen molar-refractivity contribution in [2.45, 2.75) is 58.7 Å². The second-order valence-electron chi connectivity index (χ2n) is 10.2. The Morgan fingerprint density at radius 1 is 1.22 bits per heavy atom. The minimum Gasteiger partial charge on any atom is -0.377 e. The molecule has 0 radical (unpaired) electrons. The topological polar surface area (TPSA) is 106 Å². The maximum absolute atomic E-state index is 13.7. The number of Topliss-reactive ketones (excluding diaryl/α,β-unsaturated/α-hetero) is 1. The first-order valence-electron chi connectivity index (χ1n) is 12.8. The van der Waals surface area contributed by atoms with Crippen molar-refractivity contribution in [2.75, 3.05) is 24.7 Å². The highest BCUT2D eigenvalue weighted by Gasteiger charge is 2.28. The predicted octanol–water partition coefficient (Wildman–Crippen LogP) is 3.44. The van der Waals surface area contributed by atoms with Crippen molar-refractivity contribution in [3.05, 3.63) is 65.0 Å². The van der Waals surface area contributed by atoms with Crippen molar-refractivity contribution >= 4 is 28.3 Å². The Kier molecular flexibility index (Phi) is 8.33. The molecule has 0 aliphatic carbocycles. The molecule has 9 heteroatoms. The van der Waals surface area contributed by atoms with E-state index in [4.69, 9.17) is 4.74 Å².